The van der Waals surface area contributed by atoms with Crippen LogP contribution in [0.3, 0.4) is 0 Å². The maximum Gasteiger partial charge on any atom is 0.337 e. The number of nitrogens with zero attached hydrogens (tertiary/aromatic N) is 1. The summed E-state index contributed by atoms with van der Waals surface area (Å²) in [5, 5.41) is 2.79. The van der Waals surface area contributed by atoms with Gasteiger partial charge in [-0.25, -0.2) is 4.79 Å². The van der Waals surface area contributed by atoms with Crippen LogP contribution >= 0.6 is 0 Å². The standard InChI is InChI=1S/C19H16N2O3/c1-24-19(23)15-7-4-8-16(12-15)20-18(22)14-6-5-9-17(13-14)21-10-2-3-11-21/h2-13H,1H3,(H,20,22). The molecule has 24 heavy (non-hydrogen) atoms. The highest BCUT2D eigenvalue weighted by molar-refractivity contribution is 6.05. The van der Waals surface area contributed by atoms with Gasteiger partial charge in [0.2, 0.25) is 0 Å². The van der Waals surface area contributed by atoms with Crippen LogP contribution in [0.15, 0.2) is 73.1 Å². The minimum atomic E-state index is -0.444. The lowest BCUT2D eigenvalue weighted by molar-refractivity contribution is 0.0600. The van der Waals surface area contributed by atoms with Crippen LogP contribution in [-0.4, -0.2) is 23.6 Å². The molecule has 3 rings (SSSR count). The van der Waals surface area contributed by atoms with Gasteiger partial charge in [-0.05, 0) is 48.5 Å². The monoisotopic (exact) mass is 320 g/mol. The first-order valence-electron chi connectivity index (χ1n) is 7.40. The first kappa shape index (κ1) is 15.6. The first-order chi connectivity index (χ1) is 11.7. The predicted octanol–water partition coefficient (Wildman–Crippen LogP) is 3.52. The van der Waals surface area contributed by atoms with Crippen molar-refractivity contribution in [2.24, 2.45) is 0 Å². The Labute approximate surface area is 139 Å². The number of nitrogens with one attached hydrogen (secondary N) is 1. The summed E-state index contributed by atoms with van der Waals surface area (Å²) in [5.74, 6) is -0.688. The minimum absolute atomic E-state index is 0.244. The first-order valence-corrected chi connectivity index (χ1v) is 7.40. The van der Waals surface area contributed by atoms with Crippen molar-refractivity contribution >= 4 is 17.6 Å². The van der Waals surface area contributed by atoms with Crippen molar-refractivity contribution in [1.82, 2.24) is 4.57 Å². The molecule has 0 aliphatic rings. The molecule has 120 valence electrons. The third-order valence-corrected chi connectivity index (χ3v) is 3.55. The van der Waals surface area contributed by atoms with Crippen LogP contribution in [0, 0.1) is 0 Å². The molecule has 1 amide bonds. The summed E-state index contributed by atoms with van der Waals surface area (Å²) in [6, 6.07) is 17.8. The molecule has 0 aliphatic carbocycles. The van der Waals surface area contributed by atoms with Crippen molar-refractivity contribution in [3.8, 4) is 5.69 Å². The quantitative estimate of drug-likeness (QED) is 0.748. The molecule has 0 unspecified atom stereocenters. The molecule has 1 aromatic heterocycles. The highest BCUT2D eigenvalue weighted by Crippen LogP contribution is 2.15. The smallest absolute Gasteiger partial charge is 0.337 e. The Morgan fingerprint density at radius 3 is 2.38 bits per heavy atom. The number of esters is 1. The van der Waals surface area contributed by atoms with Gasteiger partial charge in [-0.2, -0.15) is 0 Å². The van der Waals surface area contributed by atoms with Crippen molar-refractivity contribution in [2.75, 3.05) is 12.4 Å². The number of amides is 1. The second kappa shape index (κ2) is 6.83. The molecule has 0 saturated heterocycles. The van der Waals surface area contributed by atoms with Gasteiger partial charge in [0.25, 0.3) is 5.91 Å². The minimum Gasteiger partial charge on any atom is -0.465 e. The molecular formula is C19H16N2O3. The van der Waals surface area contributed by atoms with Crippen LogP contribution in [0.2, 0.25) is 0 Å². The Morgan fingerprint density at radius 1 is 0.917 bits per heavy atom. The molecule has 1 heterocycles. The number of hydrogen-bond donors (Lipinski definition) is 1. The van der Waals surface area contributed by atoms with Gasteiger partial charge in [-0.3, -0.25) is 4.79 Å². The van der Waals surface area contributed by atoms with Crippen LogP contribution in [-0.2, 0) is 4.74 Å². The van der Waals surface area contributed by atoms with Crippen LogP contribution in [0.5, 0.6) is 0 Å². The van der Waals surface area contributed by atoms with Crippen molar-refractivity contribution < 1.29 is 14.3 Å². The van der Waals surface area contributed by atoms with Gasteiger partial charge < -0.3 is 14.6 Å². The van der Waals surface area contributed by atoms with Crippen LogP contribution < -0.4 is 5.32 Å². The molecule has 5 heteroatoms. The zero-order chi connectivity index (χ0) is 16.9. The number of benzene rings is 2. The average Bonchev–Trinajstić information content (AvgIpc) is 3.16. The van der Waals surface area contributed by atoms with Gasteiger partial charge in [0.15, 0.2) is 0 Å². The predicted molar refractivity (Wildman–Crippen MR) is 91.5 cm³/mol. The van der Waals surface area contributed by atoms with Gasteiger partial charge in [-0.1, -0.05) is 12.1 Å². The molecule has 0 saturated carbocycles. The third kappa shape index (κ3) is 3.35. The van der Waals surface area contributed by atoms with Crippen molar-refractivity contribution in [1.29, 1.82) is 0 Å². The van der Waals surface area contributed by atoms with E-state index in [1.807, 2.05) is 41.2 Å². The van der Waals surface area contributed by atoms with Crippen molar-refractivity contribution in [3.05, 3.63) is 84.2 Å². The molecule has 0 fully saturated rings. The number of rotatable bonds is 4. The Bertz CT molecular complexity index is 870. The summed E-state index contributed by atoms with van der Waals surface area (Å²) in [6.45, 7) is 0. The number of carbonyl (C=O) groups excluding carboxylic acids is 2. The molecule has 0 spiro atoms. The van der Waals surface area contributed by atoms with Crippen LogP contribution in [0.25, 0.3) is 5.69 Å². The van der Waals surface area contributed by atoms with Gasteiger partial charge in [0.1, 0.15) is 0 Å². The van der Waals surface area contributed by atoms with E-state index in [1.165, 1.54) is 7.11 Å². The van der Waals surface area contributed by atoms with E-state index in [4.69, 9.17) is 0 Å². The lowest BCUT2D eigenvalue weighted by atomic mass is 10.1. The topological polar surface area (TPSA) is 60.3 Å². The zero-order valence-corrected chi connectivity index (χ0v) is 13.1. The second-order valence-electron chi connectivity index (χ2n) is 5.17. The van der Waals surface area contributed by atoms with E-state index in [0.717, 1.165) is 5.69 Å². The highest BCUT2D eigenvalue weighted by atomic mass is 16.5. The molecule has 5 nitrogen and oxygen atoms in total. The fourth-order valence-electron chi connectivity index (χ4n) is 2.36. The fourth-order valence-corrected chi connectivity index (χ4v) is 2.36. The highest BCUT2D eigenvalue weighted by Gasteiger charge is 2.10. The van der Waals surface area contributed by atoms with Crippen LogP contribution in [0.4, 0.5) is 5.69 Å². The van der Waals surface area contributed by atoms with E-state index in [2.05, 4.69) is 10.1 Å². The average molecular weight is 320 g/mol. The van der Waals surface area contributed by atoms with Crippen LogP contribution in [0.1, 0.15) is 20.7 Å². The number of carbonyl (C=O) groups is 2. The van der Waals surface area contributed by atoms with Gasteiger partial charge in [0.05, 0.1) is 12.7 Å². The molecule has 0 aliphatic heterocycles. The fraction of sp³-hybridized carbons (Fsp3) is 0.0526. The van der Waals surface area contributed by atoms with Crippen molar-refractivity contribution in [2.45, 2.75) is 0 Å². The Morgan fingerprint density at radius 2 is 1.62 bits per heavy atom. The Hall–Kier alpha value is -3.34. The normalized spacial score (nSPS) is 10.2. The summed E-state index contributed by atoms with van der Waals surface area (Å²) in [4.78, 5) is 24.0. The lowest BCUT2D eigenvalue weighted by Gasteiger charge is -2.09. The van der Waals surface area contributed by atoms with E-state index >= 15 is 0 Å². The van der Waals surface area contributed by atoms with Crippen molar-refractivity contribution in [3.63, 3.8) is 0 Å². The molecule has 2 aromatic carbocycles. The molecule has 0 atom stereocenters. The number of hydrogen-bond acceptors (Lipinski definition) is 3. The van der Waals surface area contributed by atoms with E-state index in [0.29, 0.717) is 16.8 Å². The molecule has 1 N–H and O–H groups in total. The summed E-state index contributed by atoms with van der Waals surface area (Å²) >= 11 is 0. The number of aromatic nitrogens is 1. The summed E-state index contributed by atoms with van der Waals surface area (Å²) in [5.41, 5.74) is 2.35. The van der Waals surface area contributed by atoms with Gasteiger partial charge in [-0.15, -0.1) is 0 Å². The van der Waals surface area contributed by atoms with E-state index < -0.39 is 5.97 Å². The summed E-state index contributed by atoms with van der Waals surface area (Å²) < 4.78 is 6.61. The molecule has 3 aromatic rings. The zero-order valence-electron chi connectivity index (χ0n) is 13.1. The second-order valence-corrected chi connectivity index (χ2v) is 5.17. The van der Waals surface area contributed by atoms with E-state index in [-0.39, 0.29) is 5.91 Å². The Kier molecular flexibility index (Phi) is 4.43. The molecular weight excluding hydrogens is 304 g/mol. The number of methoxy groups -OCH3 is 1. The number of anilines is 1. The molecule has 0 bridgehead atoms. The maximum absolute atomic E-state index is 12.5. The van der Waals surface area contributed by atoms with E-state index in [9.17, 15) is 9.59 Å². The SMILES string of the molecule is COC(=O)c1cccc(NC(=O)c2cccc(-n3cccc3)c2)c1. The molecule has 0 radical (unpaired) electrons. The van der Waals surface area contributed by atoms with E-state index in [1.54, 1.807) is 36.4 Å². The lowest BCUT2D eigenvalue weighted by Crippen LogP contribution is -2.13. The summed E-state index contributed by atoms with van der Waals surface area (Å²) in [7, 11) is 1.32. The Balaban J connectivity index is 1.81. The largest absolute Gasteiger partial charge is 0.465 e. The summed E-state index contributed by atoms with van der Waals surface area (Å²) in [6.07, 6.45) is 3.83. The van der Waals surface area contributed by atoms with Gasteiger partial charge >= 0.3 is 5.97 Å². The maximum atomic E-state index is 12.5. The van der Waals surface area contributed by atoms with Gasteiger partial charge in [0, 0.05) is 29.3 Å². The number of ether oxygens (including phenoxy) is 1. The third-order valence-electron chi connectivity index (χ3n) is 3.55.